The first-order chi connectivity index (χ1) is 12.8. The molecule has 6 heteroatoms. The summed E-state index contributed by atoms with van der Waals surface area (Å²) in [6.07, 6.45) is 0. The third-order valence-corrected chi connectivity index (χ3v) is 8.37. The molecule has 0 radical (unpaired) electrons. The van der Waals surface area contributed by atoms with Gasteiger partial charge in [0.1, 0.15) is 9.64 Å². The Kier molecular flexibility index (Phi) is 4.53. The van der Waals surface area contributed by atoms with Crippen LogP contribution in [0.15, 0.2) is 42.5 Å². The Morgan fingerprint density at radius 1 is 1.15 bits per heavy atom. The Balaban J connectivity index is 1.82. The average molecular weight is 416 g/mol. The molecule has 0 amide bonds. The summed E-state index contributed by atoms with van der Waals surface area (Å²) in [7, 11) is 3.31. The highest BCUT2D eigenvalue weighted by atomic mass is 32.9. The van der Waals surface area contributed by atoms with E-state index in [1.165, 1.54) is 17.0 Å². The fraction of sp³-hybridized carbons (Fsp3) is 0.238. The number of aryl methyl sites for hydroxylation is 1. The van der Waals surface area contributed by atoms with Crippen LogP contribution in [0.5, 0.6) is 0 Å². The van der Waals surface area contributed by atoms with E-state index in [9.17, 15) is 9.18 Å². The summed E-state index contributed by atoms with van der Waals surface area (Å²) < 4.78 is 14.1. The van der Waals surface area contributed by atoms with Crippen molar-refractivity contribution in [2.24, 2.45) is 0 Å². The molecule has 27 heavy (non-hydrogen) atoms. The minimum Gasteiger partial charge on any atom is -0.353 e. The van der Waals surface area contributed by atoms with Crippen LogP contribution in [0.3, 0.4) is 0 Å². The van der Waals surface area contributed by atoms with Crippen LogP contribution in [0.25, 0.3) is 11.1 Å². The zero-order chi connectivity index (χ0) is 19.3. The molecule has 0 bridgehead atoms. The van der Waals surface area contributed by atoms with Gasteiger partial charge in [0.05, 0.1) is 17.0 Å². The molecule has 1 aliphatic heterocycles. The number of halogens is 1. The number of Topliss-reactive ketones (excluding diaryl/α,β-unsaturated/α-hetero) is 1. The summed E-state index contributed by atoms with van der Waals surface area (Å²) in [6.45, 7) is 6.55. The van der Waals surface area contributed by atoms with Crippen LogP contribution in [0, 0.1) is 16.6 Å². The van der Waals surface area contributed by atoms with E-state index < -0.39 is 0 Å². The maximum absolute atomic E-state index is 13.2. The maximum atomic E-state index is 13.2. The molecule has 0 saturated heterocycles. The lowest BCUT2D eigenvalue weighted by Crippen LogP contribution is -2.46. The largest absolute Gasteiger partial charge is 0.353 e. The summed E-state index contributed by atoms with van der Waals surface area (Å²) in [5.74, 6) is -0.370. The van der Waals surface area contributed by atoms with Gasteiger partial charge in [-0.05, 0) is 57.2 Å². The number of carbonyl (C=O) groups excluding carboxylic acids is 1. The van der Waals surface area contributed by atoms with Crippen LogP contribution in [0.1, 0.15) is 34.6 Å². The van der Waals surface area contributed by atoms with Gasteiger partial charge >= 0.3 is 0 Å². The fourth-order valence-electron chi connectivity index (χ4n) is 3.56. The van der Waals surface area contributed by atoms with E-state index in [4.69, 9.17) is 12.2 Å². The second-order valence-corrected chi connectivity index (χ2v) is 10.1. The molecule has 2 nitrogen and oxygen atoms in total. The van der Waals surface area contributed by atoms with E-state index in [1.807, 2.05) is 0 Å². The van der Waals surface area contributed by atoms with Gasteiger partial charge in [-0.2, -0.15) is 0 Å². The highest BCUT2D eigenvalue weighted by Gasteiger charge is 2.40. The van der Waals surface area contributed by atoms with E-state index in [0.29, 0.717) is 5.56 Å². The van der Waals surface area contributed by atoms with Crippen molar-refractivity contribution >= 4 is 44.4 Å². The molecule has 0 N–H and O–H groups in total. The number of carbonyl (C=O) groups is 1. The minimum absolute atomic E-state index is 0.0307. The van der Waals surface area contributed by atoms with E-state index >= 15 is 0 Å². The van der Waals surface area contributed by atoms with Gasteiger partial charge in [0, 0.05) is 22.4 Å². The molecule has 0 spiro atoms. The van der Waals surface area contributed by atoms with Gasteiger partial charge in [0.2, 0.25) is 0 Å². The topological polar surface area (TPSA) is 20.3 Å². The Bertz CT molecular complexity index is 1100. The maximum Gasteiger partial charge on any atom is 0.182 e. The highest BCUT2D eigenvalue weighted by Crippen LogP contribution is 2.52. The van der Waals surface area contributed by atoms with E-state index in [-0.39, 0.29) is 23.7 Å². The van der Waals surface area contributed by atoms with Crippen molar-refractivity contribution in [2.75, 3.05) is 11.4 Å². The van der Waals surface area contributed by atoms with Gasteiger partial charge in [-0.1, -0.05) is 44.5 Å². The molecule has 4 rings (SSSR count). The first-order valence-electron chi connectivity index (χ1n) is 8.60. The Hall–Kier alpha value is -1.89. The molecule has 0 atom stereocenters. The van der Waals surface area contributed by atoms with Crippen LogP contribution in [-0.2, 0) is 5.54 Å². The predicted octanol–water partition coefficient (Wildman–Crippen LogP) is 6.59. The highest BCUT2D eigenvalue weighted by molar-refractivity contribution is 7.80. The lowest BCUT2D eigenvalue weighted by molar-refractivity contribution is 0.0993. The van der Waals surface area contributed by atoms with Crippen LogP contribution >= 0.6 is 32.9 Å². The molecular formula is C21H18FNOS3. The van der Waals surface area contributed by atoms with Gasteiger partial charge in [-0.3, -0.25) is 4.79 Å². The molecule has 2 heterocycles. The summed E-state index contributed by atoms with van der Waals surface area (Å²) in [4.78, 5) is 16.3. The number of hydrogen-bond acceptors (Lipinski definition) is 5. The van der Waals surface area contributed by atoms with Crippen molar-refractivity contribution in [3.63, 3.8) is 0 Å². The first-order valence-corrected chi connectivity index (χ1v) is 11.2. The average Bonchev–Trinajstić information content (AvgIpc) is 3.02. The molecule has 0 aliphatic carbocycles. The van der Waals surface area contributed by atoms with E-state index in [1.54, 1.807) is 32.8 Å². The normalized spacial score (nSPS) is 14.6. The smallest absolute Gasteiger partial charge is 0.182 e. The minimum atomic E-state index is -0.356. The van der Waals surface area contributed by atoms with Gasteiger partial charge in [-0.15, -0.1) is 0 Å². The number of benzene rings is 2. The monoisotopic (exact) mass is 415 g/mol. The van der Waals surface area contributed by atoms with Crippen molar-refractivity contribution in [2.45, 2.75) is 26.3 Å². The Morgan fingerprint density at radius 3 is 2.56 bits per heavy atom. The summed E-state index contributed by atoms with van der Waals surface area (Å²) in [5.41, 5.74) is 4.57. The molecule has 1 aliphatic rings. The molecule has 2 aromatic carbocycles. The third-order valence-electron chi connectivity index (χ3n) is 5.04. The predicted molar refractivity (Wildman–Crippen MR) is 114 cm³/mol. The standard InChI is InChI=1S/C21H18FNOS3/c1-12-4-9-16-15(10-12)18-19(26-27-20(18)25)21(2,3)23(16)11-17(24)13-5-7-14(22)8-6-13/h4-10H,11H2,1-3H3. The number of hydrogen-bond donors (Lipinski definition) is 0. The molecular weight excluding hydrogens is 397 g/mol. The summed E-state index contributed by atoms with van der Waals surface area (Å²) in [6, 6.07) is 12.0. The van der Waals surface area contributed by atoms with Gasteiger partial charge in [-0.25, -0.2) is 4.39 Å². The molecule has 1 aromatic heterocycles. The van der Waals surface area contributed by atoms with Gasteiger partial charge < -0.3 is 4.90 Å². The molecule has 3 aromatic rings. The van der Waals surface area contributed by atoms with E-state index in [0.717, 1.165) is 26.2 Å². The van der Waals surface area contributed by atoms with Gasteiger partial charge in [0.15, 0.2) is 5.78 Å². The molecule has 0 saturated carbocycles. The zero-order valence-corrected chi connectivity index (χ0v) is 17.7. The third kappa shape index (κ3) is 3.06. The van der Waals surface area contributed by atoms with Crippen molar-refractivity contribution in [1.82, 2.24) is 0 Å². The number of ketones is 1. The number of rotatable bonds is 3. The van der Waals surface area contributed by atoms with Crippen molar-refractivity contribution in [1.29, 1.82) is 0 Å². The van der Waals surface area contributed by atoms with E-state index in [2.05, 4.69) is 43.9 Å². The van der Waals surface area contributed by atoms with Crippen molar-refractivity contribution < 1.29 is 9.18 Å². The van der Waals surface area contributed by atoms with Crippen molar-refractivity contribution in [3.05, 3.63) is 68.1 Å². The fourth-order valence-corrected chi connectivity index (χ4v) is 6.86. The SMILES string of the molecule is Cc1ccc2c(c1)-c1c(ssc1=S)C(C)(C)N2CC(=O)c1ccc(F)cc1. The van der Waals surface area contributed by atoms with Crippen LogP contribution < -0.4 is 4.90 Å². The van der Waals surface area contributed by atoms with Gasteiger partial charge in [0.25, 0.3) is 0 Å². The Labute approximate surface area is 170 Å². The summed E-state index contributed by atoms with van der Waals surface area (Å²) in [5, 5.41) is 0. The molecule has 0 unspecified atom stereocenters. The van der Waals surface area contributed by atoms with Crippen LogP contribution in [0.2, 0.25) is 0 Å². The quantitative estimate of drug-likeness (QED) is 0.273. The Morgan fingerprint density at radius 2 is 1.85 bits per heavy atom. The summed E-state index contributed by atoms with van der Waals surface area (Å²) >= 11 is 5.62. The lowest BCUT2D eigenvalue weighted by Gasteiger charge is -2.44. The number of fused-ring (bicyclic) bond motifs is 3. The second-order valence-electron chi connectivity index (χ2n) is 7.25. The number of nitrogens with zero attached hydrogens (tertiary/aromatic N) is 1. The number of anilines is 1. The zero-order valence-electron chi connectivity index (χ0n) is 15.2. The molecule has 0 fully saturated rings. The van der Waals surface area contributed by atoms with Crippen molar-refractivity contribution in [3.8, 4) is 11.1 Å². The lowest BCUT2D eigenvalue weighted by atomic mass is 9.86. The second kappa shape index (κ2) is 6.62. The molecule has 138 valence electrons. The van der Waals surface area contributed by atoms with Crippen LogP contribution in [-0.4, -0.2) is 12.3 Å². The van der Waals surface area contributed by atoms with Crippen LogP contribution in [0.4, 0.5) is 10.1 Å². The first kappa shape index (κ1) is 18.5.